The molecule has 1 saturated heterocycles. The molecule has 32 heavy (non-hydrogen) atoms. The van der Waals surface area contributed by atoms with E-state index < -0.39 is 17.5 Å². The minimum atomic E-state index is -1.28. The highest BCUT2D eigenvalue weighted by atomic mass is 35.5. The maximum Gasteiger partial charge on any atom is 0.325 e. The van der Waals surface area contributed by atoms with Gasteiger partial charge in [0.15, 0.2) is 0 Å². The molecule has 160 valence electrons. The number of hydrogen-bond acceptors (Lipinski definition) is 8. The maximum absolute atomic E-state index is 13.2. The van der Waals surface area contributed by atoms with E-state index in [0.29, 0.717) is 21.8 Å². The third kappa shape index (κ3) is 3.38. The molecule has 5 rings (SSSR count). The van der Waals surface area contributed by atoms with Crippen molar-refractivity contribution in [1.82, 2.24) is 40.6 Å². The number of nitrogens with one attached hydrogen (secondary N) is 1. The largest absolute Gasteiger partial charge is 0.419 e. The molecule has 0 saturated carbocycles. The molecular weight excluding hydrogens is 436 g/mol. The van der Waals surface area contributed by atoms with Crippen molar-refractivity contribution in [2.75, 3.05) is 0 Å². The Morgan fingerprint density at radius 1 is 1.12 bits per heavy atom. The average Bonchev–Trinajstić information content (AvgIpc) is 3.53. The first kappa shape index (κ1) is 19.8. The molecule has 0 aliphatic carbocycles. The van der Waals surface area contributed by atoms with Crippen LogP contribution in [0, 0.1) is 0 Å². The van der Waals surface area contributed by atoms with Crippen LogP contribution in [0.5, 0.6) is 0 Å². The fourth-order valence-electron chi connectivity index (χ4n) is 3.44. The third-order valence-electron chi connectivity index (χ3n) is 5.16. The van der Waals surface area contributed by atoms with E-state index in [9.17, 15) is 9.59 Å². The SMILES string of the molecule is CC1(c2cccc(-n3cnnn3)c2)NC(=O)N(Cc2nnc(-c3ccc(Cl)cc3)o2)C1=O. The Morgan fingerprint density at radius 2 is 1.94 bits per heavy atom. The molecule has 3 heterocycles. The number of benzene rings is 2. The molecule has 4 aromatic rings. The first-order valence-corrected chi connectivity index (χ1v) is 9.88. The molecule has 2 aromatic heterocycles. The summed E-state index contributed by atoms with van der Waals surface area (Å²) in [5.74, 6) is -0.0478. The summed E-state index contributed by atoms with van der Waals surface area (Å²) in [4.78, 5) is 26.9. The molecule has 1 unspecified atom stereocenters. The minimum absolute atomic E-state index is 0.130. The molecule has 0 radical (unpaired) electrons. The average molecular weight is 451 g/mol. The summed E-state index contributed by atoms with van der Waals surface area (Å²) in [6.07, 6.45) is 1.44. The second kappa shape index (κ2) is 7.54. The lowest BCUT2D eigenvalue weighted by molar-refractivity contribution is -0.131. The first-order valence-electron chi connectivity index (χ1n) is 9.50. The van der Waals surface area contributed by atoms with Gasteiger partial charge in [-0.05, 0) is 59.3 Å². The molecule has 11 nitrogen and oxygen atoms in total. The van der Waals surface area contributed by atoms with Gasteiger partial charge in [0.2, 0.25) is 11.8 Å². The summed E-state index contributed by atoms with van der Waals surface area (Å²) in [7, 11) is 0. The summed E-state index contributed by atoms with van der Waals surface area (Å²) in [5.41, 5.74) is 0.632. The van der Waals surface area contributed by atoms with E-state index >= 15 is 0 Å². The quantitative estimate of drug-likeness (QED) is 0.458. The van der Waals surface area contributed by atoms with Gasteiger partial charge in [-0.25, -0.2) is 9.48 Å². The van der Waals surface area contributed by atoms with Crippen molar-refractivity contribution in [3.05, 3.63) is 71.3 Å². The number of nitrogens with zero attached hydrogens (tertiary/aromatic N) is 7. The zero-order valence-corrected chi connectivity index (χ0v) is 17.4. The van der Waals surface area contributed by atoms with Crippen molar-refractivity contribution >= 4 is 23.5 Å². The number of halogens is 1. The van der Waals surface area contributed by atoms with Gasteiger partial charge >= 0.3 is 6.03 Å². The number of aromatic nitrogens is 6. The van der Waals surface area contributed by atoms with Crippen LogP contribution < -0.4 is 5.32 Å². The Hall–Kier alpha value is -4.12. The third-order valence-corrected chi connectivity index (χ3v) is 5.42. The molecule has 1 fully saturated rings. The predicted octanol–water partition coefficient (Wildman–Crippen LogP) is 2.33. The lowest BCUT2D eigenvalue weighted by atomic mass is 9.91. The summed E-state index contributed by atoms with van der Waals surface area (Å²) in [6.45, 7) is 1.48. The lowest BCUT2D eigenvalue weighted by Gasteiger charge is -2.22. The van der Waals surface area contributed by atoms with E-state index in [4.69, 9.17) is 16.0 Å². The van der Waals surface area contributed by atoms with Gasteiger partial charge in [-0.15, -0.1) is 15.3 Å². The van der Waals surface area contributed by atoms with E-state index in [1.807, 2.05) is 0 Å². The molecule has 1 aliphatic heterocycles. The summed E-state index contributed by atoms with van der Waals surface area (Å²) in [5, 5.41) is 22.4. The van der Waals surface area contributed by atoms with Crippen molar-refractivity contribution in [1.29, 1.82) is 0 Å². The van der Waals surface area contributed by atoms with Crippen LogP contribution in [-0.2, 0) is 16.9 Å². The van der Waals surface area contributed by atoms with Crippen LogP contribution >= 0.6 is 11.6 Å². The van der Waals surface area contributed by atoms with E-state index in [0.717, 1.165) is 4.90 Å². The second-order valence-electron chi connectivity index (χ2n) is 7.26. The van der Waals surface area contributed by atoms with Gasteiger partial charge in [0, 0.05) is 10.6 Å². The minimum Gasteiger partial charge on any atom is -0.419 e. The monoisotopic (exact) mass is 450 g/mol. The molecule has 0 spiro atoms. The van der Waals surface area contributed by atoms with Gasteiger partial charge in [0.25, 0.3) is 5.91 Å². The standard InChI is InChI=1S/C20H15ClN8O3/c1-20(13-3-2-4-15(9-13)29-11-22-26-27-29)18(30)28(19(31)23-20)10-16-24-25-17(32-16)12-5-7-14(21)8-6-12/h2-9,11H,10H2,1H3,(H,23,31). The normalized spacial score (nSPS) is 18.2. The number of amides is 3. The van der Waals surface area contributed by atoms with Crippen molar-refractivity contribution in [2.24, 2.45) is 0 Å². The summed E-state index contributed by atoms with van der Waals surface area (Å²) in [6, 6.07) is 13.4. The number of urea groups is 1. The lowest BCUT2D eigenvalue weighted by Crippen LogP contribution is -2.40. The number of carbonyl (C=O) groups excluding carboxylic acids is 2. The zero-order chi connectivity index (χ0) is 22.3. The molecule has 0 bridgehead atoms. The Labute approximate surface area is 186 Å². The molecule has 1 N–H and O–H groups in total. The highest BCUT2D eigenvalue weighted by Gasteiger charge is 2.49. The van der Waals surface area contributed by atoms with Crippen LogP contribution in [0.3, 0.4) is 0 Å². The second-order valence-corrected chi connectivity index (χ2v) is 7.70. The maximum atomic E-state index is 13.2. The molecule has 1 aliphatic rings. The van der Waals surface area contributed by atoms with Crippen LogP contribution in [0.15, 0.2) is 59.3 Å². The topological polar surface area (TPSA) is 132 Å². The number of imide groups is 1. The van der Waals surface area contributed by atoms with Crippen molar-refractivity contribution in [2.45, 2.75) is 19.0 Å². The number of rotatable bonds is 5. The zero-order valence-electron chi connectivity index (χ0n) is 16.6. The van der Waals surface area contributed by atoms with E-state index in [1.165, 1.54) is 11.0 Å². The molecule has 1 atom stereocenters. The van der Waals surface area contributed by atoms with E-state index in [2.05, 4.69) is 31.0 Å². The summed E-state index contributed by atoms with van der Waals surface area (Å²) >= 11 is 5.90. The van der Waals surface area contributed by atoms with E-state index in [1.54, 1.807) is 55.5 Å². The van der Waals surface area contributed by atoms with Crippen LogP contribution in [0.25, 0.3) is 17.1 Å². The molecule has 3 amide bonds. The van der Waals surface area contributed by atoms with Gasteiger partial charge in [-0.2, -0.15) is 0 Å². The Bertz CT molecular complexity index is 1300. The Morgan fingerprint density at radius 3 is 2.69 bits per heavy atom. The highest BCUT2D eigenvalue weighted by Crippen LogP contribution is 2.31. The molecular formula is C20H15ClN8O3. The number of tetrazole rings is 1. The smallest absolute Gasteiger partial charge is 0.325 e. The fraction of sp³-hybridized carbons (Fsp3) is 0.150. The number of carbonyl (C=O) groups is 2. The highest BCUT2D eigenvalue weighted by molar-refractivity contribution is 6.30. The Balaban J connectivity index is 1.39. The molecule has 2 aromatic carbocycles. The fourth-order valence-corrected chi connectivity index (χ4v) is 3.56. The van der Waals surface area contributed by atoms with Gasteiger partial charge < -0.3 is 9.73 Å². The van der Waals surface area contributed by atoms with Crippen molar-refractivity contribution in [3.63, 3.8) is 0 Å². The van der Waals surface area contributed by atoms with Crippen molar-refractivity contribution < 1.29 is 14.0 Å². The van der Waals surface area contributed by atoms with Gasteiger partial charge in [0.1, 0.15) is 18.4 Å². The van der Waals surface area contributed by atoms with E-state index in [-0.39, 0.29) is 18.3 Å². The van der Waals surface area contributed by atoms with Gasteiger partial charge in [-0.3, -0.25) is 9.69 Å². The summed E-state index contributed by atoms with van der Waals surface area (Å²) < 4.78 is 7.11. The van der Waals surface area contributed by atoms with Gasteiger partial charge in [0.05, 0.1) is 5.69 Å². The van der Waals surface area contributed by atoms with Crippen molar-refractivity contribution in [3.8, 4) is 17.1 Å². The predicted molar refractivity (Wildman–Crippen MR) is 110 cm³/mol. The first-order chi connectivity index (χ1) is 15.4. The van der Waals surface area contributed by atoms with Crippen LogP contribution in [0.4, 0.5) is 4.79 Å². The van der Waals surface area contributed by atoms with Crippen LogP contribution in [0.1, 0.15) is 18.4 Å². The number of hydrogen-bond donors (Lipinski definition) is 1. The van der Waals surface area contributed by atoms with Gasteiger partial charge in [-0.1, -0.05) is 23.7 Å². The van der Waals surface area contributed by atoms with Crippen LogP contribution in [-0.4, -0.2) is 47.2 Å². The van der Waals surface area contributed by atoms with Crippen LogP contribution in [0.2, 0.25) is 5.02 Å². The molecule has 12 heteroatoms. The Kier molecular flexibility index (Phi) is 4.67.